The Kier molecular flexibility index (Phi) is 7.49. The molecule has 3 heteroatoms. The van der Waals surface area contributed by atoms with Gasteiger partial charge in [-0.2, -0.15) is 0 Å². The van der Waals surface area contributed by atoms with Gasteiger partial charge in [0.1, 0.15) is 5.52 Å². The normalized spacial score (nSPS) is 11.2. The lowest BCUT2D eigenvalue weighted by atomic mass is 9.97. The number of benzene rings is 8. The van der Waals surface area contributed by atoms with Crippen LogP contribution >= 0.6 is 0 Å². The van der Waals surface area contributed by atoms with E-state index in [4.69, 9.17) is 9.40 Å². The fraction of sp³-hybridized carbons (Fsp3) is 0. The molecule has 9 aromatic rings. The molecule has 1 heterocycles. The highest BCUT2D eigenvalue weighted by Crippen LogP contribution is 2.40. The minimum absolute atomic E-state index is 0.626. The first-order valence-electron chi connectivity index (χ1n) is 16.9. The van der Waals surface area contributed by atoms with Gasteiger partial charge >= 0.3 is 0 Å². The van der Waals surface area contributed by atoms with Crippen LogP contribution < -0.4 is 4.90 Å². The van der Waals surface area contributed by atoms with Gasteiger partial charge < -0.3 is 9.32 Å². The Morgan fingerprint density at radius 3 is 1.70 bits per heavy atom. The van der Waals surface area contributed by atoms with Crippen LogP contribution in [0.5, 0.6) is 0 Å². The van der Waals surface area contributed by atoms with Gasteiger partial charge in [-0.15, -0.1) is 0 Å². The zero-order valence-electron chi connectivity index (χ0n) is 27.3. The van der Waals surface area contributed by atoms with Gasteiger partial charge in [0.05, 0.1) is 0 Å². The molecule has 0 aliphatic carbocycles. The zero-order chi connectivity index (χ0) is 33.3. The number of rotatable bonds is 7. The van der Waals surface area contributed by atoms with Crippen molar-refractivity contribution in [3.8, 4) is 44.8 Å². The van der Waals surface area contributed by atoms with Crippen LogP contribution in [-0.2, 0) is 0 Å². The summed E-state index contributed by atoms with van der Waals surface area (Å²) in [5, 5.41) is 2.48. The minimum atomic E-state index is 0.626. The summed E-state index contributed by atoms with van der Waals surface area (Å²) in [6.07, 6.45) is 0. The Morgan fingerprint density at radius 2 is 0.940 bits per heavy atom. The Bertz CT molecular complexity index is 2570. The number of fused-ring (bicyclic) bond motifs is 2. The van der Waals surface area contributed by atoms with E-state index >= 15 is 0 Å². The van der Waals surface area contributed by atoms with Crippen LogP contribution in [0.25, 0.3) is 66.7 Å². The molecule has 0 atom stereocenters. The average molecular weight is 641 g/mol. The second-order valence-electron chi connectivity index (χ2n) is 12.4. The maximum Gasteiger partial charge on any atom is 0.227 e. The van der Waals surface area contributed by atoms with Crippen LogP contribution in [0.15, 0.2) is 199 Å². The van der Waals surface area contributed by atoms with E-state index in [0.29, 0.717) is 5.89 Å². The highest BCUT2D eigenvalue weighted by atomic mass is 16.3. The Hall–Kier alpha value is -6.71. The third kappa shape index (κ3) is 5.51. The van der Waals surface area contributed by atoms with E-state index in [9.17, 15) is 0 Å². The third-order valence-electron chi connectivity index (χ3n) is 9.31. The van der Waals surface area contributed by atoms with Crippen LogP contribution in [0.3, 0.4) is 0 Å². The third-order valence-corrected chi connectivity index (χ3v) is 9.31. The Morgan fingerprint density at radius 1 is 0.380 bits per heavy atom. The maximum atomic E-state index is 6.37. The molecule has 9 rings (SSSR count). The molecule has 3 nitrogen and oxygen atoms in total. The first kappa shape index (κ1) is 29.4. The van der Waals surface area contributed by atoms with Gasteiger partial charge in [-0.25, -0.2) is 4.98 Å². The van der Waals surface area contributed by atoms with Gasteiger partial charge in [0.2, 0.25) is 5.89 Å². The van der Waals surface area contributed by atoms with Crippen LogP contribution in [-0.4, -0.2) is 4.98 Å². The van der Waals surface area contributed by atoms with E-state index in [-0.39, 0.29) is 0 Å². The number of oxazole rings is 1. The van der Waals surface area contributed by atoms with Crippen molar-refractivity contribution in [2.75, 3.05) is 4.90 Å². The molecule has 0 aliphatic rings. The minimum Gasteiger partial charge on any atom is -0.435 e. The summed E-state index contributed by atoms with van der Waals surface area (Å²) in [6.45, 7) is 0. The summed E-state index contributed by atoms with van der Waals surface area (Å²) in [5.74, 6) is 0.626. The summed E-state index contributed by atoms with van der Waals surface area (Å²) >= 11 is 0. The average Bonchev–Trinajstić information content (AvgIpc) is 3.64. The molecule has 50 heavy (non-hydrogen) atoms. The summed E-state index contributed by atoms with van der Waals surface area (Å²) < 4.78 is 6.37. The van der Waals surface area contributed by atoms with Crippen molar-refractivity contribution in [3.63, 3.8) is 0 Å². The van der Waals surface area contributed by atoms with E-state index in [0.717, 1.165) is 44.9 Å². The molecular formula is C47H32N2O. The smallest absolute Gasteiger partial charge is 0.227 e. The molecule has 0 bridgehead atoms. The summed E-state index contributed by atoms with van der Waals surface area (Å²) in [7, 11) is 0. The molecule has 0 radical (unpaired) electrons. The van der Waals surface area contributed by atoms with Gasteiger partial charge in [0.25, 0.3) is 0 Å². The lowest BCUT2D eigenvalue weighted by Crippen LogP contribution is -2.10. The Balaban J connectivity index is 1.13. The van der Waals surface area contributed by atoms with E-state index < -0.39 is 0 Å². The van der Waals surface area contributed by atoms with Crippen molar-refractivity contribution in [3.05, 3.63) is 194 Å². The van der Waals surface area contributed by atoms with Crippen LogP contribution in [0.1, 0.15) is 0 Å². The van der Waals surface area contributed by atoms with Crippen molar-refractivity contribution in [2.45, 2.75) is 0 Å². The molecule has 0 aliphatic heterocycles. The molecule has 1 aromatic heterocycles. The number of aromatic nitrogens is 1. The van der Waals surface area contributed by atoms with Gasteiger partial charge in [-0.1, -0.05) is 140 Å². The molecule has 0 saturated heterocycles. The van der Waals surface area contributed by atoms with Crippen molar-refractivity contribution in [1.82, 2.24) is 4.98 Å². The second kappa shape index (κ2) is 12.7. The predicted molar refractivity (Wildman–Crippen MR) is 208 cm³/mol. The fourth-order valence-electron chi connectivity index (χ4n) is 6.84. The number of hydrogen-bond donors (Lipinski definition) is 0. The summed E-state index contributed by atoms with van der Waals surface area (Å²) in [5.41, 5.74) is 12.7. The number of anilines is 3. The molecule has 0 unspecified atom stereocenters. The Labute approximate surface area is 291 Å². The highest BCUT2D eigenvalue weighted by Gasteiger charge is 2.17. The summed E-state index contributed by atoms with van der Waals surface area (Å²) in [4.78, 5) is 7.13. The van der Waals surface area contributed by atoms with Crippen LogP contribution in [0.4, 0.5) is 17.1 Å². The first-order valence-corrected chi connectivity index (χ1v) is 16.9. The topological polar surface area (TPSA) is 29.3 Å². The van der Waals surface area contributed by atoms with Crippen molar-refractivity contribution in [1.29, 1.82) is 0 Å². The largest absolute Gasteiger partial charge is 0.435 e. The lowest BCUT2D eigenvalue weighted by Gasteiger charge is -2.26. The molecule has 0 fully saturated rings. The lowest BCUT2D eigenvalue weighted by molar-refractivity contribution is 0.621. The SMILES string of the molecule is c1ccc(-c2ccc(N(c3ccc(-c4cccc5nc(-c6ccccc6)oc45)cc3)c3cccc(-c4cccc5ccccc45)c3)cc2)cc1. The van der Waals surface area contributed by atoms with E-state index in [1.165, 1.54) is 33.0 Å². The predicted octanol–water partition coefficient (Wildman–Crippen LogP) is 13.1. The number of para-hydroxylation sites is 1. The molecule has 0 spiro atoms. The van der Waals surface area contributed by atoms with Gasteiger partial charge in [-0.3, -0.25) is 0 Å². The van der Waals surface area contributed by atoms with Crippen LogP contribution in [0.2, 0.25) is 0 Å². The monoisotopic (exact) mass is 640 g/mol. The molecule has 0 amide bonds. The van der Waals surface area contributed by atoms with Gasteiger partial charge in [0, 0.05) is 28.2 Å². The van der Waals surface area contributed by atoms with Crippen molar-refractivity contribution < 1.29 is 4.42 Å². The standard InChI is InChI=1S/C47H32N2O/c1-3-12-33(13-4-1)34-24-28-39(29-25-34)49(41-19-9-18-38(32-41)43-21-10-17-35-14-7-8-20-42(35)43)40-30-26-36(27-31-40)44-22-11-23-45-46(44)50-47(48-45)37-15-5-2-6-16-37/h1-32H. The number of nitrogens with zero attached hydrogens (tertiary/aromatic N) is 2. The zero-order valence-corrected chi connectivity index (χ0v) is 27.3. The van der Waals surface area contributed by atoms with Crippen molar-refractivity contribution >= 4 is 38.9 Å². The second-order valence-corrected chi connectivity index (χ2v) is 12.4. The molecule has 0 saturated carbocycles. The molecule has 0 N–H and O–H groups in total. The quantitative estimate of drug-likeness (QED) is 0.174. The van der Waals surface area contributed by atoms with Gasteiger partial charge in [0.15, 0.2) is 5.58 Å². The van der Waals surface area contributed by atoms with E-state index in [1.807, 2.05) is 42.5 Å². The fourth-order valence-corrected chi connectivity index (χ4v) is 6.84. The van der Waals surface area contributed by atoms with E-state index in [1.54, 1.807) is 0 Å². The maximum absolute atomic E-state index is 6.37. The first-order chi connectivity index (χ1) is 24.8. The molecule has 236 valence electrons. The molecular weight excluding hydrogens is 609 g/mol. The van der Waals surface area contributed by atoms with Gasteiger partial charge in [-0.05, 0) is 93.2 Å². The van der Waals surface area contributed by atoms with Crippen LogP contribution in [0, 0.1) is 0 Å². The summed E-state index contributed by atoms with van der Waals surface area (Å²) in [6, 6.07) is 68.2. The van der Waals surface area contributed by atoms with E-state index in [2.05, 4.69) is 157 Å². The highest BCUT2D eigenvalue weighted by molar-refractivity contribution is 5.98. The number of hydrogen-bond acceptors (Lipinski definition) is 3. The van der Waals surface area contributed by atoms with Crippen molar-refractivity contribution in [2.24, 2.45) is 0 Å². The molecule has 8 aromatic carbocycles.